The number of thioether (sulfide) groups is 1. The minimum Gasteiger partial charge on any atom is -0.495 e. The van der Waals surface area contributed by atoms with Crippen LogP contribution in [0, 0.1) is 11.3 Å². The van der Waals surface area contributed by atoms with E-state index in [1.807, 2.05) is 17.5 Å². The van der Waals surface area contributed by atoms with Gasteiger partial charge in [-0.15, -0.1) is 11.3 Å². The molecule has 2 amide bonds. The van der Waals surface area contributed by atoms with Crippen LogP contribution >= 0.6 is 34.7 Å². The summed E-state index contributed by atoms with van der Waals surface area (Å²) in [5.41, 5.74) is -0.00715. The number of aliphatic imine (C=N–C) groups is 1. The third-order valence-electron chi connectivity index (χ3n) is 5.68. The number of methoxy groups -OCH3 is 1. The topological polar surface area (TPSA) is 94.8 Å². The quantitative estimate of drug-likeness (QED) is 0.532. The van der Waals surface area contributed by atoms with Crippen LogP contribution in [0.25, 0.3) is 6.08 Å². The van der Waals surface area contributed by atoms with Crippen molar-refractivity contribution < 1.29 is 14.3 Å². The first-order chi connectivity index (χ1) is 16.4. The van der Waals surface area contributed by atoms with Crippen LogP contribution in [-0.2, 0) is 9.59 Å². The zero-order valence-corrected chi connectivity index (χ0v) is 20.9. The second kappa shape index (κ2) is 10.6. The summed E-state index contributed by atoms with van der Waals surface area (Å²) in [5, 5.41) is 15.2. The lowest BCUT2D eigenvalue weighted by atomic mass is 9.83. The monoisotopic (exact) mass is 514 g/mol. The molecule has 1 N–H and O–H groups in total. The fraction of sp³-hybridized carbons (Fsp3) is 0.333. The molecule has 1 aliphatic carbocycles. The van der Waals surface area contributed by atoms with Crippen LogP contribution in [-0.4, -0.2) is 35.4 Å². The van der Waals surface area contributed by atoms with Gasteiger partial charge in [0.25, 0.3) is 5.91 Å². The van der Waals surface area contributed by atoms with Crippen molar-refractivity contribution in [2.45, 2.75) is 37.6 Å². The van der Waals surface area contributed by atoms with Crippen LogP contribution in [0.1, 0.15) is 37.0 Å². The summed E-state index contributed by atoms with van der Waals surface area (Å²) < 4.78 is 5.22. The van der Waals surface area contributed by atoms with Crippen molar-refractivity contribution in [2.24, 2.45) is 4.99 Å². The Balaban J connectivity index is 1.56. The lowest BCUT2D eigenvalue weighted by Gasteiger charge is -2.31. The summed E-state index contributed by atoms with van der Waals surface area (Å²) in [5.74, 6) is -0.0427. The first kappa shape index (κ1) is 24.3. The number of rotatable bonds is 6. The number of anilines is 1. The highest BCUT2D eigenvalue weighted by Crippen LogP contribution is 2.35. The Kier molecular flexibility index (Phi) is 7.61. The van der Waals surface area contributed by atoms with Gasteiger partial charge in [0.1, 0.15) is 17.0 Å². The predicted molar refractivity (Wildman–Crippen MR) is 137 cm³/mol. The molecule has 0 unspecified atom stereocenters. The zero-order chi connectivity index (χ0) is 24.1. The Morgan fingerprint density at radius 3 is 2.82 bits per heavy atom. The Labute approximate surface area is 211 Å². The Morgan fingerprint density at radius 2 is 2.18 bits per heavy atom. The highest BCUT2D eigenvalue weighted by molar-refractivity contribution is 8.14. The van der Waals surface area contributed by atoms with Crippen LogP contribution < -0.4 is 15.0 Å². The fourth-order valence-corrected chi connectivity index (χ4v) is 5.69. The van der Waals surface area contributed by atoms with E-state index in [0.29, 0.717) is 34.5 Å². The van der Waals surface area contributed by atoms with Crippen molar-refractivity contribution in [3.63, 3.8) is 0 Å². The van der Waals surface area contributed by atoms with Gasteiger partial charge in [0.2, 0.25) is 5.91 Å². The Morgan fingerprint density at radius 1 is 1.38 bits per heavy atom. The lowest BCUT2D eigenvalue weighted by molar-refractivity contribution is -0.120. The van der Waals surface area contributed by atoms with Gasteiger partial charge >= 0.3 is 0 Å². The van der Waals surface area contributed by atoms with Gasteiger partial charge in [-0.2, -0.15) is 5.26 Å². The van der Waals surface area contributed by atoms with Gasteiger partial charge in [0.15, 0.2) is 5.17 Å². The molecule has 1 fully saturated rings. The molecule has 2 aliphatic rings. The molecular formula is C24H23ClN4O3S2. The van der Waals surface area contributed by atoms with E-state index in [9.17, 15) is 14.9 Å². The number of amidine groups is 1. The number of nitriles is 1. The maximum absolute atomic E-state index is 13.3. The van der Waals surface area contributed by atoms with Crippen molar-refractivity contribution in [1.82, 2.24) is 5.32 Å². The molecule has 0 bridgehead atoms. The van der Waals surface area contributed by atoms with Crippen LogP contribution in [0.5, 0.6) is 5.75 Å². The summed E-state index contributed by atoms with van der Waals surface area (Å²) in [4.78, 5) is 32.9. The Bertz CT molecular complexity index is 1180. The number of carbonyl (C=O) groups excluding carboxylic acids is 2. The minimum absolute atomic E-state index is 0.0300. The summed E-state index contributed by atoms with van der Waals surface area (Å²) in [7, 11) is 1.52. The molecule has 4 rings (SSSR count). The molecule has 0 spiro atoms. The summed E-state index contributed by atoms with van der Waals surface area (Å²) in [6.45, 7) is 0. The number of nitrogens with one attached hydrogen (secondary N) is 1. The average molecular weight is 515 g/mol. The van der Waals surface area contributed by atoms with E-state index in [2.05, 4.69) is 16.4 Å². The number of amides is 2. The normalized spacial score (nSPS) is 18.5. The highest BCUT2D eigenvalue weighted by Gasteiger charge is 2.35. The van der Waals surface area contributed by atoms with E-state index in [-0.39, 0.29) is 23.3 Å². The van der Waals surface area contributed by atoms with E-state index in [4.69, 9.17) is 16.3 Å². The molecule has 1 saturated carbocycles. The van der Waals surface area contributed by atoms with Crippen LogP contribution in [0.3, 0.4) is 0 Å². The van der Waals surface area contributed by atoms with Crippen molar-refractivity contribution in [2.75, 3.05) is 17.8 Å². The SMILES string of the molecule is COc1ccc(N2C(=O)/C(=C\c3cccs3)N=C2SCC(=O)NC2(C#N)CCCCC2)cc1Cl. The second-order valence-corrected chi connectivity index (χ2v) is 10.3. The number of ether oxygens (including phenoxy) is 1. The molecule has 0 radical (unpaired) electrons. The van der Waals surface area contributed by atoms with Crippen LogP contribution in [0.15, 0.2) is 46.4 Å². The number of hydrogen-bond donors (Lipinski definition) is 1. The van der Waals surface area contributed by atoms with E-state index >= 15 is 0 Å². The van der Waals surface area contributed by atoms with Crippen molar-refractivity contribution in [1.29, 1.82) is 5.26 Å². The van der Waals surface area contributed by atoms with Gasteiger partial charge in [0, 0.05) is 4.88 Å². The molecule has 34 heavy (non-hydrogen) atoms. The molecule has 10 heteroatoms. The number of benzene rings is 1. The fourth-order valence-electron chi connectivity index (χ4n) is 3.98. The molecule has 7 nitrogen and oxygen atoms in total. The largest absolute Gasteiger partial charge is 0.495 e. The van der Waals surface area contributed by atoms with Gasteiger partial charge in [0.05, 0.1) is 29.6 Å². The van der Waals surface area contributed by atoms with E-state index in [0.717, 1.165) is 35.9 Å². The number of halogens is 1. The summed E-state index contributed by atoms with van der Waals surface area (Å²) >= 11 is 8.96. The molecule has 2 heterocycles. The first-order valence-electron chi connectivity index (χ1n) is 10.8. The van der Waals surface area contributed by atoms with Crippen LogP contribution in [0.4, 0.5) is 5.69 Å². The third kappa shape index (κ3) is 5.30. The van der Waals surface area contributed by atoms with Gasteiger partial charge in [-0.3, -0.25) is 14.5 Å². The zero-order valence-electron chi connectivity index (χ0n) is 18.5. The maximum atomic E-state index is 13.3. The Hall–Kier alpha value is -2.80. The minimum atomic E-state index is -0.809. The summed E-state index contributed by atoms with van der Waals surface area (Å²) in [6, 6.07) is 11.1. The smallest absolute Gasteiger partial charge is 0.283 e. The molecule has 1 aromatic heterocycles. The number of nitrogens with zero attached hydrogens (tertiary/aromatic N) is 3. The van der Waals surface area contributed by atoms with Crippen molar-refractivity contribution in [3.8, 4) is 11.8 Å². The van der Waals surface area contributed by atoms with E-state index in [1.54, 1.807) is 24.3 Å². The first-order valence-corrected chi connectivity index (χ1v) is 13.1. The van der Waals surface area contributed by atoms with Gasteiger partial charge in [-0.25, -0.2) is 4.99 Å². The third-order valence-corrected chi connectivity index (χ3v) is 7.73. The second-order valence-electron chi connectivity index (χ2n) is 7.99. The number of hydrogen-bond acceptors (Lipinski definition) is 7. The van der Waals surface area contributed by atoms with E-state index in [1.165, 1.54) is 23.3 Å². The van der Waals surface area contributed by atoms with E-state index < -0.39 is 5.54 Å². The van der Waals surface area contributed by atoms with Gasteiger partial charge in [-0.05, 0) is 48.6 Å². The molecular weight excluding hydrogens is 492 g/mol. The highest BCUT2D eigenvalue weighted by atomic mass is 35.5. The number of carbonyl (C=O) groups is 2. The molecule has 0 atom stereocenters. The molecule has 2 aromatic rings. The van der Waals surface area contributed by atoms with Gasteiger partial charge < -0.3 is 10.1 Å². The van der Waals surface area contributed by atoms with Crippen molar-refractivity contribution >= 4 is 63.4 Å². The average Bonchev–Trinajstić information content (AvgIpc) is 3.46. The maximum Gasteiger partial charge on any atom is 0.283 e. The van der Waals surface area contributed by atoms with Crippen LogP contribution in [0.2, 0.25) is 5.02 Å². The molecule has 1 aliphatic heterocycles. The molecule has 1 aromatic carbocycles. The predicted octanol–water partition coefficient (Wildman–Crippen LogP) is 5.23. The van der Waals surface area contributed by atoms with Crippen molar-refractivity contribution in [3.05, 3.63) is 51.3 Å². The molecule has 0 saturated heterocycles. The lowest BCUT2D eigenvalue weighted by Crippen LogP contribution is -2.49. The standard InChI is InChI=1S/C24H23ClN4O3S2/c1-32-20-8-7-16(12-18(20)25)29-22(31)19(13-17-6-5-11-33-17)27-23(29)34-14-21(30)28-24(15-26)9-3-2-4-10-24/h5-8,11-13H,2-4,9-10,14H2,1H3,(H,28,30)/b19-13+. The number of thiophene rings is 1. The summed E-state index contributed by atoms with van der Waals surface area (Å²) in [6.07, 6.45) is 5.96. The molecule has 176 valence electrons. The van der Waals surface area contributed by atoms with Gasteiger partial charge in [-0.1, -0.05) is 48.7 Å².